The quantitative estimate of drug-likeness (QED) is 0.226. The maximum Gasteiger partial charge on any atom is 0.275 e. The zero-order valence-electron chi connectivity index (χ0n) is 24.0. The number of benzene rings is 3. The summed E-state index contributed by atoms with van der Waals surface area (Å²) in [7, 11) is -2.40. The number of anilines is 1. The smallest absolute Gasteiger partial charge is 0.275 e. The van der Waals surface area contributed by atoms with Crippen LogP contribution in [0.4, 0.5) is 5.82 Å². The molecule has 0 amide bonds. The predicted molar refractivity (Wildman–Crippen MR) is 172 cm³/mol. The number of rotatable bonds is 5. The van der Waals surface area contributed by atoms with Gasteiger partial charge >= 0.3 is 0 Å². The van der Waals surface area contributed by atoms with Crippen LogP contribution >= 0.6 is 11.6 Å². The first kappa shape index (κ1) is 28.3. The van der Waals surface area contributed by atoms with Crippen LogP contribution in [0.3, 0.4) is 0 Å². The summed E-state index contributed by atoms with van der Waals surface area (Å²) in [6.45, 7) is 3.53. The highest BCUT2D eigenvalue weighted by Crippen LogP contribution is 2.37. The number of nitrogens with zero attached hydrogens (tertiary/aromatic N) is 5. The van der Waals surface area contributed by atoms with Gasteiger partial charge in [-0.25, -0.2) is 17.4 Å². The molecule has 1 fully saturated rings. The van der Waals surface area contributed by atoms with E-state index in [-0.39, 0.29) is 21.7 Å². The Morgan fingerprint density at radius 3 is 2.50 bits per heavy atom. The molecule has 1 atom stereocenters. The van der Waals surface area contributed by atoms with Crippen LogP contribution in [0.15, 0.2) is 101 Å². The second-order valence-corrected chi connectivity index (χ2v) is 13.0. The fraction of sp³-hybridized carbons (Fsp3) is 0.182. The highest BCUT2D eigenvalue weighted by molar-refractivity contribution is 7.90. The highest BCUT2D eigenvalue weighted by atomic mass is 35.5. The van der Waals surface area contributed by atoms with E-state index in [2.05, 4.69) is 22.0 Å². The van der Waals surface area contributed by atoms with E-state index in [1.54, 1.807) is 43.6 Å². The number of aromatic nitrogens is 4. The van der Waals surface area contributed by atoms with Crippen LogP contribution in [0.25, 0.3) is 32.9 Å². The van der Waals surface area contributed by atoms with Gasteiger partial charge in [-0.2, -0.15) is 4.98 Å². The van der Waals surface area contributed by atoms with Crippen LogP contribution in [0.5, 0.6) is 0 Å². The molecule has 7 rings (SSSR count). The topological polar surface area (TPSA) is 99.3 Å². The van der Waals surface area contributed by atoms with E-state index in [0.29, 0.717) is 42.0 Å². The Balaban J connectivity index is 1.41. The summed E-state index contributed by atoms with van der Waals surface area (Å²) in [4.78, 5) is 24.9. The van der Waals surface area contributed by atoms with E-state index in [9.17, 15) is 13.2 Å². The van der Waals surface area contributed by atoms with Gasteiger partial charge in [0.05, 0.1) is 29.7 Å². The van der Waals surface area contributed by atoms with E-state index >= 15 is 0 Å². The van der Waals surface area contributed by atoms with Crippen molar-refractivity contribution >= 4 is 49.2 Å². The molecular formula is C33H28ClN5O4S. The standard InChI is InChI=1S/C33H28ClN5O4S/c1-21-8-11-24(12-9-21)44(41,42)39-15-14-25-27(19-37(2)32(40)30(25)39)23-10-13-28-26(18-23)31(36-33(34)35-28)38-16-17-43-20-29(38)22-6-4-3-5-7-22/h3-15,18-19,29H,16-17,20H2,1-2H3/t29-/m1/s1. The fourth-order valence-corrected chi connectivity index (χ4v) is 7.38. The average molecular weight is 626 g/mol. The van der Waals surface area contributed by atoms with Gasteiger partial charge in [-0.1, -0.05) is 54.1 Å². The highest BCUT2D eigenvalue weighted by Gasteiger charge is 2.28. The Kier molecular flexibility index (Phi) is 7.00. The van der Waals surface area contributed by atoms with Crippen LogP contribution in [0, 0.1) is 6.92 Å². The van der Waals surface area contributed by atoms with Crippen LogP contribution in [0.1, 0.15) is 17.2 Å². The Morgan fingerprint density at radius 2 is 1.73 bits per heavy atom. The Hall–Kier alpha value is -4.51. The summed E-state index contributed by atoms with van der Waals surface area (Å²) >= 11 is 6.44. The average Bonchev–Trinajstić information content (AvgIpc) is 3.49. The molecule has 4 heterocycles. The SMILES string of the molecule is Cc1ccc(S(=O)(=O)n2ccc3c(-c4ccc5nc(Cl)nc(N6CCOC[C@@H]6c6ccccc6)c5c4)cn(C)c(=O)c32)cc1. The van der Waals surface area contributed by atoms with Crippen LogP contribution < -0.4 is 10.5 Å². The molecule has 3 aromatic heterocycles. The lowest BCUT2D eigenvalue weighted by Crippen LogP contribution is -2.40. The lowest BCUT2D eigenvalue weighted by Gasteiger charge is -2.37. The number of aryl methyl sites for hydroxylation is 2. The summed E-state index contributed by atoms with van der Waals surface area (Å²) in [6, 6.07) is 24.0. The van der Waals surface area contributed by atoms with E-state index in [1.807, 2.05) is 43.3 Å². The summed E-state index contributed by atoms with van der Waals surface area (Å²) in [5, 5.41) is 1.44. The largest absolute Gasteiger partial charge is 0.377 e. The second-order valence-electron chi connectivity index (χ2n) is 10.9. The van der Waals surface area contributed by atoms with Crippen LogP contribution in [-0.4, -0.2) is 46.7 Å². The maximum absolute atomic E-state index is 13.7. The molecule has 9 nitrogen and oxygen atoms in total. The van der Waals surface area contributed by atoms with Gasteiger partial charge in [0.25, 0.3) is 15.6 Å². The van der Waals surface area contributed by atoms with Crippen molar-refractivity contribution in [3.05, 3.63) is 118 Å². The minimum absolute atomic E-state index is 0.0759. The molecule has 0 N–H and O–H groups in total. The molecule has 1 aliphatic rings. The van der Waals surface area contributed by atoms with E-state index in [1.165, 1.54) is 10.8 Å². The van der Waals surface area contributed by atoms with Crippen molar-refractivity contribution in [3.8, 4) is 11.1 Å². The third-order valence-corrected chi connectivity index (χ3v) is 9.97. The molecular weight excluding hydrogens is 598 g/mol. The van der Waals surface area contributed by atoms with Crippen molar-refractivity contribution in [3.63, 3.8) is 0 Å². The van der Waals surface area contributed by atoms with Crippen LogP contribution in [0.2, 0.25) is 5.28 Å². The second kappa shape index (κ2) is 10.9. The van der Waals surface area contributed by atoms with Gasteiger partial charge in [-0.15, -0.1) is 0 Å². The minimum atomic E-state index is -4.02. The molecule has 11 heteroatoms. The van der Waals surface area contributed by atoms with E-state index in [0.717, 1.165) is 26.0 Å². The van der Waals surface area contributed by atoms with Gasteiger partial charge in [0.1, 0.15) is 11.3 Å². The van der Waals surface area contributed by atoms with Gasteiger partial charge in [-0.05, 0) is 60.0 Å². The van der Waals surface area contributed by atoms with Crippen molar-refractivity contribution in [2.45, 2.75) is 17.9 Å². The van der Waals surface area contributed by atoms with Crippen molar-refractivity contribution < 1.29 is 13.2 Å². The third-order valence-electron chi connectivity index (χ3n) is 8.11. The number of fused-ring (bicyclic) bond motifs is 2. The number of morpholine rings is 1. The fourth-order valence-electron chi connectivity index (χ4n) is 5.86. The summed E-state index contributed by atoms with van der Waals surface area (Å²) in [5.41, 5.74) is 3.85. The van der Waals surface area contributed by atoms with Crippen molar-refractivity contribution in [1.29, 1.82) is 0 Å². The van der Waals surface area contributed by atoms with Crippen molar-refractivity contribution in [1.82, 2.24) is 18.5 Å². The molecule has 0 aliphatic carbocycles. The Bertz CT molecular complexity index is 2210. The molecule has 1 saturated heterocycles. The number of hydrogen-bond acceptors (Lipinski definition) is 7. The minimum Gasteiger partial charge on any atom is -0.377 e. The number of hydrogen-bond donors (Lipinski definition) is 0. The van der Waals surface area contributed by atoms with Gasteiger partial charge in [-0.3, -0.25) is 4.79 Å². The summed E-state index contributed by atoms with van der Waals surface area (Å²) in [5.74, 6) is 0.680. The lowest BCUT2D eigenvalue weighted by molar-refractivity contribution is 0.0939. The molecule has 1 aliphatic heterocycles. The molecule has 0 spiro atoms. The molecule has 44 heavy (non-hydrogen) atoms. The number of pyridine rings is 1. The number of halogens is 1. The molecule has 0 bridgehead atoms. The Labute approximate surface area is 259 Å². The zero-order valence-corrected chi connectivity index (χ0v) is 25.6. The van der Waals surface area contributed by atoms with Gasteiger partial charge in [0, 0.05) is 42.3 Å². The normalized spacial score (nSPS) is 15.7. The van der Waals surface area contributed by atoms with Gasteiger partial charge in [0.15, 0.2) is 0 Å². The molecule has 0 radical (unpaired) electrons. The van der Waals surface area contributed by atoms with Crippen molar-refractivity contribution in [2.75, 3.05) is 24.7 Å². The lowest BCUT2D eigenvalue weighted by atomic mass is 10.0. The maximum atomic E-state index is 13.7. The van der Waals surface area contributed by atoms with Gasteiger partial charge < -0.3 is 14.2 Å². The molecule has 3 aromatic carbocycles. The zero-order chi connectivity index (χ0) is 30.6. The van der Waals surface area contributed by atoms with E-state index < -0.39 is 15.6 Å². The first-order chi connectivity index (χ1) is 21.2. The molecule has 6 aromatic rings. The van der Waals surface area contributed by atoms with E-state index in [4.69, 9.17) is 21.3 Å². The monoisotopic (exact) mass is 625 g/mol. The summed E-state index contributed by atoms with van der Waals surface area (Å²) in [6.07, 6.45) is 3.17. The Morgan fingerprint density at radius 1 is 0.955 bits per heavy atom. The third kappa shape index (κ3) is 4.75. The molecule has 0 saturated carbocycles. The predicted octanol–water partition coefficient (Wildman–Crippen LogP) is 5.73. The summed E-state index contributed by atoms with van der Waals surface area (Å²) < 4.78 is 35.7. The molecule has 222 valence electrons. The first-order valence-corrected chi connectivity index (χ1v) is 15.9. The van der Waals surface area contributed by atoms with Crippen LogP contribution in [-0.2, 0) is 21.8 Å². The number of ether oxygens (including phenoxy) is 1. The van der Waals surface area contributed by atoms with Gasteiger partial charge in [0.2, 0.25) is 5.28 Å². The molecule has 0 unspecified atom stereocenters. The van der Waals surface area contributed by atoms with Crippen molar-refractivity contribution in [2.24, 2.45) is 7.05 Å². The first-order valence-electron chi connectivity index (χ1n) is 14.1.